The van der Waals surface area contributed by atoms with E-state index in [0.29, 0.717) is 19.5 Å². The molecule has 0 heterocycles. The van der Waals surface area contributed by atoms with Crippen molar-refractivity contribution < 1.29 is 24.2 Å². The number of fused-ring (bicyclic) bond motifs is 3. The standard InChI is InChI=1S/C27H34N2O5/c1-5-29(16-10-15-23(30)31)25(32)24(27(2,3)4)28-26(33)34-17-22-20-13-8-6-11-18(20)19-12-7-9-14-21(19)22/h6-9,11-14,22,24H,5,10,15-17H2,1-4H3,(H,28,33)(H,30,31)/t24-/m0/s1. The lowest BCUT2D eigenvalue weighted by molar-refractivity contribution is -0.139. The molecule has 0 saturated heterocycles. The summed E-state index contributed by atoms with van der Waals surface area (Å²) < 4.78 is 5.64. The number of alkyl carbamates (subject to hydrolysis) is 1. The zero-order chi connectivity index (χ0) is 24.9. The Morgan fingerprint density at radius 1 is 1.03 bits per heavy atom. The summed E-state index contributed by atoms with van der Waals surface area (Å²) >= 11 is 0. The van der Waals surface area contributed by atoms with Crippen molar-refractivity contribution in [3.05, 3.63) is 59.7 Å². The van der Waals surface area contributed by atoms with Crippen molar-refractivity contribution in [1.82, 2.24) is 10.2 Å². The molecule has 2 amide bonds. The van der Waals surface area contributed by atoms with Crippen molar-refractivity contribution in [2.45, 2.75) is 52.5 Å². The van der Waals surface area contributed by atoms with Crippen LogP contribution in [-0.2, 0) is 14.3 Å². The lowest BCUT2D eigenvalue weighted by Gasteiger charge is -2.34. The van der Waals surface area contributed by atoms with Gasteiger partial charge in [0.05, 0.1) is 0 Å². The van der Waals surface area contributed by atoms with Crippen LogP contribution in [0.15, 0.2) is 48.5 Å². The SMILES string of the molecule is CCN(CCCC(=O)O)C(=O)[C@H](NC(=O)OCC1c2ccccc2-c2ccccc21)C(C)(C)C. The Labute approximate surface area is 201 Å². The fourth-order valence-corrected chi connectivity index (χ4v) is 4.43. The van der Waals surface area contributed by atoms with Gasteiger partial charge in [-0.15, -0.1) is 0 Å². The Bertz CT molecular complexity index is 998. The second-order valence-electron chi connectivity index (χ2n) is 9.68. The monoisotopic (exact) mass is 466 g/mol. The van der Waals surface area contributed by atoms with Crippen LogP contribution in [0.3, 0.4) is 0 Å². The maximum absolute atomic E-state index is 13.2. The van der Waals surface area contributed by atoms with Gasteiger partial charge in [0.25, 0.3) is 0 Å². The van der Waals surface area contributed by atoms with E-state index < -0.39 is 23.5 Å². The minimum atomic E-state index is -0.896. The Kier molecular flexibility index (Phi) is 7.97. The number of aliphatic carboxylic acids is 1. The zero-order valence-corrected chi connectivity index (χ0v) is 20.3. The van der Waals surface area contributed by atoms with E-state index >= 15 is 0 Å². The third-order valence-corrected chi connectivity index (χ3v) is 6.23. The maximum Gasteiger partial charge on any atom is 0.407 e. The Balaban J connectivity index is 1.68. The predicted octanol–water partition coefficient (Wildman–Crippen LogP) is 4.65. The van der Waals surface area contributed by atoms with E-state index in [1.165, 1.54) is 0 Å². The molecule has 34 heavy (non-hydrogen) atoms. The molecule has 0 aromatic heterocycles. The van der Waals surface area contributed by atoms with Gasteiger partial charge in [-0.05, 0) is 41.0 Å². The smallest absolute Gasteiger partial charge is 0.407 e. The maximum atomic E-state index is 13.2. The fourth-order valence-electron chi connectivity index (χ4n) is 4.43. The van der Waals surface area contributed by atoms with Gasteiger partial charge in [-0.25, -0.2) is 4.79 Å². The molecule has 0 aliphatic heterocycles. The van der Waals surface area contributed by atoms with Crippen LogP contribution in [0, 0.1) is 5.41 Å². The molecule has 1 atom stereocenters. The minimum Gasteiger partial charge on any atom is -0.481 e. The Hall–Kier alpha value is -3.35. The fraction of sp³-hybridized carbons (Fsp3) is 0.444. The molecule has 0 bridgehead atoms. The van der Waals surface area contributed by atoms with Crippen LogP contribution in [0.25, 0.3) is 11.1 Å². The van der Waals surface area contributed by atoms with Gasteiger partial charge in [-0.3, -0.25) is 9.59 Å². The number of nitrogens with zero attached hydrogens (tertiary/aromatic N) is 1. The van der Waals surface area contributed by atoms with Gasteiger partial charge in [-0.1, -0.05) is 69.3 Å². The molecule has 7 nitrogen and oxygen atoms in total. The van der Waals surface area contributed by atoms with Gasteiger partial charge < -0.3 is 20.1 Å². The van der Waals surface area contributed by atoms with E-state index in [0.717, 1.165) is 22.3 Å². The number of carboxylic acids is 1. The molecule has 0 spiro atoms. The van der Waals surface area contributed by atoms with Crippen molar-refractivity contribution in [1.29, 1.82) is 0 Å². The normalized spacial score (nSPS) is 13.5. The molecule has 1 aliphatic carbocycles. The van der Waals surface area contributed by atoms with Crippen LogP contribution >= 0.6 is 0 Å². The summed E-state index contributed by atoms with van der Waals surface area (Å²) in [7, 11) is 0. The first-order valence-electron chi connectivity index (χ1n) is 11.8. The van der Waals surface area contributed by atoms with E-state index in [9.17, 15) is 14.4 Å². The molecule has 0 saturated carbocycles. The summed E-state index contributed by atoms with van der Waals surface area (Å²) in [4.78, 5) is 38.5. The highest BCUT2D eigenvalue weighted by atomic mass is 16.5. The summed E-state index contributed by atoms with van der Waals surface area (Å²) in [5, 5.41) is 11.7. The van der Waals surface area contributed by atoms with Gasteiger partial charge in [0.15, 0.2) is 0 Å². The summed E-state index contributed by atoms with van der Waals surface area (Å²) in [6.07, 6.45) is -0.294. The van der Waals surface area contributed by atoms with Crippen LogP contribution in [0.4, 0.5) is 4.79 Å². The lowest BCUT2D eigenvalue weighted by atomic mass is 9.85. The number of hydrogen-bond donors (Lipinski definition) is 2. The van der Waals surface area contributed by atoms with Crippen molar-refractivity contribution in [2.24, 2.45) is 5.41 Å². The molecule has 0 unspecified atom stereocenters. The van der Waals surface area contributed by atoms with E-state index in [1.54, 1.807) is 4.90 Å². The number of carboxylic acid groups (broad SMARTS) is 1. The molecule has 2 aromatic carbocycles. The second-order valence-corrected chi connectivity index (χ2v) is 9.68. The van der Waals surface area contributed by atoms with Gasteiger partial charge in [0.1, 0.15) is 12.6 Å². The largest absolute Gasteiger partial charge is 0.481 e. The number of carbonyl (C=O) groups excluding carboxylic acids is 2. The molecule has 2 N–H and O–H groups in total. The quantitative estimate of drug-likeness (QED) is 0.561. The molecule has 0 fully saturated rings. The first kappa shape index (κ1) is 25.3. The van der Waals surface area contributed by atoms with Crippen molar-refractivity contribution in [3.63, 3.8) is 0 Å². The first-order chi connectivity index (χ1) is 16.1. The van der Waals surface area contributed by atoms with Gasteiger partial charge in [0.2, 0.25) is 5.91 Å². The molecule has 182 valence electrons. The summed E-state index contributed by atoms with van der Waals surface area (Å²) in [6, 6.07) is 15.4. The first-order valence-corrected chi connectivity index (χ1v) is 11.8. The van der Waals surface area contributed by atoms with Crippen LogP contribution in [0.1, 0.15) is 57.6 Å². The average Bonchev–Trinajstić information content (AvgIpc) is 3.11. The van der Waals surface area contributed by atoms with Gasteiger partial charge in [-0.2, -0.15) is 0 Å². The lowest BCUT2D eigenvalue weighted by Crippen LogP contribution is -2.55. The molecule has 3 rings (SSSR count). The molecule has 0 radical (unpaired) electrons. The number of benzene rings is 2. The number of amides is 2. The number of likely N-dealkylation sites (N-methyl/N-ethyl adjacent to an activating group) is 1. The Morgan fingerprint density at radius 2 is 1.59 bits per heavy atom. The predicted molar refractivity (Wildman–Crippen MR) is 131 cm³/mol. The van der Waals surface area contributed by atoms with Crippen molar-refractivity contribution in [3.8, 4) is 11.1 Å². The van der Waals surface area contributed by atoms with Crippen molar-refractivity contribution >= 4 is 18.0 Å². The Morgan fingerprint density at radius 3 is 2.09 bits per heavy atom. The van der Waals surface area contributed by atoms with Gasteiger partial charge in [0, 0.05) is 25.4 Å². The number of ether oxygens (including phenoxy) is 1. The van der Waals surface area contributed by atoms with Crippen LogP contribution in [-0.4, -0.2) is 53.7 Å². The highest BCUT2D eigenvalue weighted by Crippen LogP contribution is 2.44. The highest BCUT2D eigenvalue weighted by Gasteiger charge is 2.36. The van der Waals surface area contributed by atoms with E-state index in [1.807, 2.05) is 52.0 Å². The topological polar surface area (TPSA) is 95.9 Å². The van der Waals surface area contributed by atoms with E-state index in [4.69, 9.17) is 9.84 Å². The van der Waals surface area contributed by atoms with Crippen LogP contribution in [0.5, 0.6) is 0 Å². The highest BCUT2D eigenvalue weighted by molar-refractivity contribution is 5.86. The molecular weight excluding hydrogens is 432 g/mol. The zero-order valence-electron chi connectivity index (χ0n) is 20.3. The number of rotatable bonds is 9. The summed E-state index contributed by atoms with van der Waals surface area (Å²) in [6.45, 7) is 8.39. The minimum absolute atomic E-state index is 0.0101. The molecule has 1 aliphatic rings. The molecule has 7 heteroatoms. The van der Waals surface area contributed by atoms with Crippen molar-refractivity contribution in [2.75, 3.05) is 19.7 Å². The number of nitrogens with one attached hydrogen (secondary N) is 1. The number of carbonyl (C=O) groups is 3. The summed E-state index contributed by atoms with van der Waals surface area (Å²) in [5.74, 6) is -1.20. The van der Waals surface area contributed by atoms with Crippen LogP contribution in [0.2, 0.25) is 0 Å². The van der Waals surface area contributed by atoms with E-state index in [-0.39, 0.29) is 24.9 Å². The second kappa shape index (κ2) is 10.7. The average molecular weight is 467 g/mol. The third kappa shape index (κ3) is 5.76. The molecular formula is C27H34N2O5. The van der Waals surface area contributed by atoms with Crippen LogP contribution < -0.4 is 5.32 Å². The molecule has 2 aromatic rings. The number of hydrogen-bond acceptors (Lipinski definition) is 4. The summed E-state index contributed by atoms with van der Waals surface area (Å²) in [5.41, 5.74) is 3.98. The van der Waals surface area contributed by atoms with Gasteiger partial charge >= 0.3 is 12.1 Å². The third-order valence-electron chi connectivity index (χ3n) is 6.23. The van der Waals surface area contributed by atoms with E-state index in [2.05, 4.69) is 29.6 Å².